The minimum Gasteiger partial charge on any atom is -0.489 e. The Hall–Kier alpha value is -2.95. The minimum absolute atomic E-state index is 0.106. The molecule has 0 saturated carbocycles. The van der Waals surface area contributed by atoms with Gasteiger partial charge in [0.15, 0.2) is 5.75 Å². The second-order valence-corrected chi connectivity index (χ2v) is 10.4. The van der Waals surface area contributed by atoms with E-state index >= 15 is 0 Å². The number of aromatic nitrogens is 1. The molecule has 0 unspecified atom stereocenters. The highest BCUT2D eigenvalue weighted by molar-refractivity contribution is 5.89. The summed E-state index contributed by atoms with van der Waals surface area (Å²) < 4.78 is 20.5. The summed E-state index contributed by atoms with van der Waals surface area (Å²) in [7, 11) is 0. The van der Waals surface area contributed by atoms with Crippen molar-refractivity contribution in [1.82, 2.24) is 4.57 Å². The van der Waals surface area contributed by atoms with Gasteiger partial charge in [0.25, 0.3) is 5.56 Å². The molecule has 0 spiro atoms. The summed E-state index contributed by atoms with van der Waals surface area (Å²) in [5.74, 6) is 1.69. The van der Waals surface area contributed by atoms with Gasteiger partial charge in [0.2, 0.25) is 5.75 Å². The molecule has 3 aromatic rings. The van der Waals surface area contributed by atoms with Crippen molar-refractivity contribution >= 4 is 10.9 Å². The molecular formula is C34H49NO4. The molecule has 5 heteroatoms. The lowest BCUT2D eigenvalue weighted by molar-refractivity contribution is 0.256. The number of unbranched alkanes of at least 4 members (excludes halogenated alkanes) is 9. The van der Waals surface area contributed by atoms with Gasteiger partial charge in [0, 0.05) is 18.0 Å². The monoisotopic (exact) mass is 535 g/mol. The molecule has 0 saturated heterocycles. The fraction of sp³-hybridized carbons (Fsp3) is 0.559. The van der Waals surface area contributed by atoms with Crippen LogP contribution >= 0.6 is 0 Å². The fourth-order valence-corrected chi connectivity index (χ4v) is 4.78. The van der Waals surface area contributed by atoms with Crippen LogP contribution in [0.2, 0.25) is 0 Å². The first-order chi connectivity index (χ1) is 19.2. The summed E-state index contributed by atoms with van der Waals surface area (Å²) in [6, 6.07) is 16.1. The number of benzene rings is 2. The van der Waals surface area contributed by atoms with Crippen LogP contribution in [0.25, 0.3) is 10.9 Å². The van der Waals surface area contributed by atoms with Crippen LogP contribution in [0.5, 0.6) is 17.2 Å². The van der Waals surface area contributed by atoms with E-state index in [9.17, 15) is 4.79 Å². The van der Waals surface area contributed by atoms with Gasteiger partial charge < -0.3 is 18.8 Å². The number of aryl methyl sites for hydroxylation is 1. The zero-order valence-corrected chi connectivity index (χ0v) is 24.5. The smallest absolute Gasteiger partial charge is 0.297 e. The van der Waals surface area contributed by atoms with E-state index in [0.717, 1.165) is 60.7 Å². The van der Waals surface area contributed by atoms with Crippen LogP contribution in [-0.2, 0) is 13.2 Å². The Morgan fingerprint density at radius 1 is 0.641 bits per heavy atom. The molecule has 0 fully saturated rings. The Labute approximate surface area is 235 Å². The van der Waals surface area contributed by atoms with Gasteiger partial charge in [-0.15, -0.1) is 0 Å². The summed E-state index contributed by atoms with van der Waals surface area (Å²) in [6.45, 7) is 8.80. The number of ether oxygens (including phenoxy) is 3. The van der Waals surface area contributed by atoms with Crippen LogP contribution in [0.4, 0.5) is 0 Å². The molecule has 0 aliphatic carbocycles. The van der Waals surface area contributed by atoms with Gasteiger partial charge in [0.05, 0.1) is 18.7 Å². The zero-order chi connectivity index (χ0) is 27.7. The lowest BCUT2D eigenvalue weighted by Crippen LogP contribution is -2.24. The molecule has 39 heavy (non-hydrogen) atoms. The van der Waals surface area contributed by atoms with E-state index in [0.29, 0.717) is 37.9 Å². The standard InChI is InChI=1S/C34H49NO4/c1-4-7-10-12-13-18-25-38-33-32(37-24-17-11-8-5-2)30-22-21-29(39-27-28-19-15-14-16-20-28)26-31(30)35(34(33)36)23-9-6-3/h14-16,19-22,26H,4-13,17-18,23-25,27H2,1-3H3. The fourth-order valence-electron chi connectivity index (χ4n) is 4.78. The van der Waals surface area contributed by atoms with Crippen molar-refractivity contribution in [1.29, 1.82) is 0 Å². The van der Waals surface area contributed by atoms with Crippen LogP contribution in [0.1, 0.15) is 103 Å². The summed E-state index contributed by atoms with van der Waals surface area (Å²) in [4.78, 5) is 13.9. The van der Waals surface area contributed by atoms with Crippen molar-refractivity contribution in [3.8, 4) is 17.2 Å². The van der Waals surface area contributed by atoms with Gasteiger partial charge in [0.1, 0.15) is 12.4 Å². The maximum absolute atomic E-state index is 13.9. The maximum Gasteiger partial charge on any atom is 0.297 e. The molecule has 1 aromatic heterocycles. The SMILES string of the molecule is CCCCCCCCOc1c(OCCCCCC)c2ccc(OCc3ccccc3)cc2n(CCCC)c1=O. The van der Waals surface area contributed by atoms with Gasteiger partial charge in [-0.05, 0) is 37.0 Å². The van der Waals surface area contributed by atoms with Gasteiger partial charge >= 0.3 is 0 Å². The van der Waals surface area contributed by atoms with E-state index in [1.165, 1.54) is 38.5 Å². The predicted molar refractivity (Wildman–Crippen MR) is 162 cm³/mol. The van der Waals surface area contributed by atoms with Gasteiger partial charge in [-0.1, -0.05) is 109 Å². The summed E-state index contributed by atoms with van der Waals surface area (Å²) >= 11 is 0. The van der Waals surface area contributed by atoms with Crippen molar-refractivity contribution in [3.05, 3.63) is 64.4 Å². The molecule has 2 aromatic carbocycles. The Kier molecular flexibility index (Phi) is 13.8. The lowest BCUT2D eigenvalue weighted by Gasteiger charge is -2.19. The molecule has 0 N–H and O–H groups in total. The van der Waals surface area contributed by atoms with E-state index in [1.54, 1.807) is 0 Å². The third-order valence-electron chi connectivity index (χ3n) is 7.12. The number of rotatable bonds is 20. The van der Waals surface area contributed by atoms with Crippen LogP contribution in [0.15, 0.2) is 53.3 Å². The van der Waals surface area contributed by atoms with Crippen LogP contribution < -0.4 is 19.8 Å². The Balaban J connectivity index is 1.90. The number of fused-ring (bicyclic) bond motifs is 1. The number of pyridine rings is 1. The highest BCUT2D eigenvalue weighted by Gasteiger charge is 2.20. The molecule has 214 valence electrons. The Morgan fingerprint density at radius 2 is 1.26 bits per heavy atom. The quantitative estimate of drug-likeness (QED) is 0.135. The van der Waals surface area contributed by atoms with E-state index < -0.39 is 0 Å². The van der Waals surface area contributed by atoms with Crippen LogP contribution in [0.3, 0.4) is 0 Å². The molecule has 0 atom stereocenters. The Morgan fingerprint density at radius 3 is 1.95 bits per heavy atom. The highest BCUT2D eigenvalue weighted by Crippen LogP contribution is 2.35. The largest absolute Gasteiger partial charge is 0.489 e. The van der Waals surface area contributed by atoms with E-state index in [4.69, 9.17) is 14.2 Å². The Bertz CT molecular complexity index is 1160. The molecule has 1 heterocycles. The molecule has 0 amide bonds. The highest BCUT2D eigenvalue weighted by atomic mass is 16.5. The molecule has 0 radical (unpaired) electrons. The first kappa shape index (κ1) is 30.6. The van der Waals surface area contributed by atoms with Gasteiger partial charge in [-0.2, -0.15) is 0 Å². The van der Waals surface area contributed by atoms with Crippen molar-refractivity contribution in [2.45, 2.75) is 111 Å². The topological polar surface area (TPSA) is 49.7 Å². The van der Waals surface area contributed by atoms with E-state index in [-0.39, 0.29) is 5.56 Å². The normalized spacial score (nSPS) is 11.2. The summed E-state index contributed by atoms with van der Waals surface area (Å²) in [5, 5.41) is 0.909. The number of nitrogens with zero attached hydrogens (tertiary/aromatic N) is 1. The molecule has 0 bridgehead atoms. The molecular weight excluding hydrogens is 486 g/mol. The molecule has 0 aliphatic rings. The van der Waals surface area contributed by atoms with Crippen molar-refractivity contribution < 1.29 is 14.2 Å². The first-order valence-electron chi connectivity index (χ1n) is 15.3. The average molecular weight is 536 g/mol. The average Bonchev–Trinajstić information content (AvgIpc) is 2.96. The zero-order valence-electron chi connectivity index (χ0n) is 24.5. The maximum atomic E-state index is 13.9. The third kappa shape index (κ3) is 9.63. The van der Waals surface area contributed by atoms with Crippen molar-refractivity contribution in [3.63, 3.8) is 0 Å². The second-order valence-electron chi connectivity index (χ2n) is 10.4. The minimum atomic E-state index is -0.106. The third-order valence-corrected chi connectivity index (χ3v) is 7.12. The van der Waals surface area contributed by atoms with Crippen LogP contribution in [0, 0.1) is 0 Å². The summed E-state index contributed by atoms with van der Waals surface area (Å²) in [5.41, 5.74) is 1.84. The molecule has 5 nitrogen and oxygen atoms in total. The van der Waals surface area contributed by atoms with Crippen molar-refractivity contribution in [2.75, 3.05) is 13.2 Å². The summed E-state index contributed by atoms with van der Waals surface area (Å²) in [6.07, 6.45) is 13.4. The number of hydrogen-bond acceptors (Lipinski definition) is 4. The predicted octanol–water partition coefficient (Wildman–Crippen LogP) is 9.08. The lowest BCUT2D eigenvalue weighted by atomic mass is 10.1. The van der Waals surface area contributed by atoms with E-state index in [1.807, 2.05) is 41.0 Å². The molecule has 3 rings (SSSR count). The molecule has 0 aliphatic heterocycles. The number of hydrogen-bond donors (Lipinski definition) is 0. The van der Waals surface area contributed by atoms with Crippen molar-refractivity contribution in [2.24, 2.45) is 0 Å². The first-order valence-corrected chi connectivity index (χ1v) is 15.3. The van der Waals surface area contributed by atoms with Gasteiger partial charge in [-0.25, -0.2) is 0 Å². The van der Waals surface area contributed by atoms with E-state index in [2.05, 4.69) is 32.9 Å². The van der Waals surface area contributed by atoms with Gasteiger partial charge in [-0.3, -0.25) is 4.79 Å². The van der Waals surface area contributed by atoms with Crippen LogP contribution in [-0.4, -0.2) is 17.8 Å². The second kappa shape index (κ2) is 17.6.